The Morgan fingerprint density at radius 3 is 1.36 bits per heavy atom. The molecule has 11 aromatic rings. The van der Waals surface area contributed by atoms with Crippen LogP contribution in [-0.2, 0) is 27.1 Å². The monoisotopic (exact) mass is 1180 g/mol. The van der Waals surface area contributed by atoms with E-state index in [9.17, 15) is 0 Å². The Labute approximate surface area is 540 Å². The number of hydrogen-bond donors (Lipinski definition) is 0. The largest absolute Gasteiger partial charge is 0.458 e. The maximum Gasteiger partial charge on any atom is 0.256 e. The third-order valence-corrected chi connectivity index (χ3v) is 20.6. The van der Waals surface area contributed by atoms with Gasteiger partial charge in [-0.05, 0) is 200 Å². The Balaban J connectivity index is 1.04. The predicted octanol–water partition coefficient (Wildman–Crippen LogP) is 19.0. The molecule has 0 N–H and O–H groups in total. The second-order valence-electron chi connectivity index (χ2n) is 31.0. The average Bonchev–Trinajstić information content (AvgIpc) is 1.11. The molecule has 0 saturated carbocycles. The van der Waals surface area contributed by atoms with Gasteiger partial charge in [-0.15, -0.1) is 0 Å². The Bertz CT molecular complexity index is 4770. The third kappa shape index (κ3) is 8.86. The van der Waals surface area contributed by atoms with Crippen molar-refractivity contribution in [3.63, 3.8) is 0 Å². The lowest BCUT2D eigenvalue weighted by atomic mass is 9.30. The lowest BCUT2D eigenvalue weighted by molar-refractivity contribution is 0.487. The summed E-state index contributed by atoms with van der Waals surface area (Å²) in [6.45, 7) is 32.8. The van der Waals surface area contributed by atoms with E-state index in [1.54, 1.807) is 0 Å². The van der Waals surface area contributed by atoms with Crippen LogP contribution in [0.15, 0.2) is 224 Å². The molecule has 91 heavy (non-hydrogen) atoms. The molecule has 4 aliphatic heterocycles. The summed E-state index contributed by atoms with van der Waals surface area (Å²) in [5.74, 6) is 1.80. The van der Waals surface area contributed by atoms with Gasteiger partial charge in [-0.1, -0.05) is 243 Å². The number of rotatable bonds is 5. The number of nitrogens with zero attached hydrogens (tertiary/aromatic N) is 3. The van der Waals surface area contributed by atoms with Crippen LogP contribution in [-0.4, -0.2) is 13.4 Å². The number of benzene rings is 11. The summed E-state index contributed by atoms with van der Waals surface area (Å²) in [5, 5.41) is 0. The van der Waals surface area contributed by atoms with E-state index in [-0.39, 0.29) is 40.5 Å². The molecule has 0 unspecified atom stereocenters. The summed E-state index contributed by atoms with van der Waals surface area (Å²) in [6, 6.07) is 86.3. The zero-order valence-corrected chi connectivity index (χ0v) is 55.3. The van der Waals surface area contributed by atoms with E-state index in [1.165, 1.54) is 117 Å². The number of ether oxygens (including phenoxy) is 1. The van der Waals surface area contributed by atoms with Gasteiger partial charge >= 0.3 is 0 Å². The van der Waals surface area contributed by atoms with E-state index in [4.69, 9.17) is 4.74 Å². The second-order valence-corrected chi connectivity index (χ2v) is 31.0. The Kier molecular flexibility index (Phi) is 12.4. The maximum absolute atomic E-state index is 7.40. The SMILES string of the molecule is CC(C)(C)c1cc(-c2cc3c4c(c2)N(c2cc(C(C)(C)C)cc(C(C)(C)C)c2)c2cc5c(cc2B4c2ccccc2O3)B2c3ccccc3N(c3ccccc3)c3cc(-c4cccc6c4C(C)(C)c4ccccc4-6)cc(c32)N5c2ccccc2)cc(C(C)(C)C)c1. The van der Waals surface area contributed by atoms with E-state index in [1.807, 2.05) is 0 Å². The second kappa shape index (κ2) is 19.9. The van der Waals surface area contributed by atoms with Crippen molar-refractivity contribution < 1.29 is 4.74 Å². The fourth-order valence-corrected chi connectivity index (χ4v) is 15.8. The minimum atomic E-state index is -0.238. The molecule has 0 bridgehead atoms. The van der Waals surface area contributed by atoms with Crippen molar-refractivity contribution in [3.05, 3.63) is 258 Å². The predicted molar refractivity (Wildman–Crippen MR) is 390 cm³/mol. The summed E-state index contributed by atoms with van der Waals surface area (Å²) < 4.78 is 7.40. The number of fused-ring (bicyclic) bond motifs is 11. The van der Waals surface area contributed by atoms with E-state index < -0.39 is 0 Å². The van der Waals surface area contributed by atoms with Gasteiger partial charge in [-0.2, -0.15) is 0 Å². The average molecular weight is 1180 g/mol. The summed E-state index contributed by atoms with van der Waals surface area (Å²) in [6.07, 6.45) is 0. The normalized spacial score (nSPS) is 14.8. The number of hydrogen-bond acceptors (Lipinski definition) is 4. The minimum absolute atomic E-state index is 0.0765. The lowest BCUT2D eigenvalue weighted by Crippen LogP contribution is -2.64. The van der Waals surface area contributed by atoms with Gasteiger partial charge in [0.25, 0.3) is 13.4 Å². The van der Waals surface area contributed by atoms with Gasteiger partial charge in [-0.3, -0.25) is 0 Å². The molecule has 446 valence electrons. The molecule has 4 heterocycles. The molecule has 16 rings (SSSR count). The summed E-state index contributed by atoms with van der Waals surface area (Å²) in [4.78, 5) is 7.82. The van der Waals surface area contributed by atoms with Crippen LogP contribution in [0.4, 0.5) is 51.2 Å². The smallest absolute Gasteiger partial charge is 0.256 e. The van der Waals surface area contributed by atoms with Gasteiger partial charge in [0.1, 0.15) is 11.5 Å². The third-order valence-electron chi connectivity index (χ3n) is 20.6. The topological polar surface area (TPSA) is 19.0 Å². The Morgan fingerprint density at radius 1 is 0.308 bits per heavy atom. The zero-order chi connectivity index (χ0) is 63.0. The van der Waals surface area contributed by atoms with Crippen LogP contribution in [0.25, 0.3) is 33.4 Å². The standard InChI is InChI=1S/C85H79B2N3O/c1-81(2,3)55-40-52(41-56(46-55)82(4,5)6)53-42-75-80-77(45-53)91-76-39-26-24-37-67(76)87(80)69-50-68-71(51-72(69)90(75)61-48-57(83(7,8)9)47-58(49-61)84(10,11)12)89(60-30-19-16-20-31-60)74-44-54(62-33-27-34-64-63-32-21-22-35-65(63)85(13,14)78(62)64)43-73-79(74)86(68)66-36-23-25-38-70(66)88(73)59-28-17-15-18-29-59/h15-51H,1-14H3. The highest BCUT2D eigenvalue weighted by Crippen LogP contribution is 2.55. The van der Waals surface area contributed by atoms with Gasteiger partial charge in [0.15, 0.2) is 0 Å². The van der Waals surface area contributed by atoms with Crippen molar-refractivity contribution in [2.24, 2.45) is 0 Å². The highest BCUT2D eigenvalue weighted by atomic mass is 16.5. The van der Waals surface area contributed by atoms with E-state index in [0.29, 0.717) is 0 Å². The first-order chi connectivity index (χ1) is 43.4. The van der Waals surface area contributed by atoms with Crippen LogP contribution in [0.1, 0.15) is 130 Å². The molecule has 0 aromatic heterocycles. The fourth-order valence-electron chi connectivity index (χ4n) is 15.8. The summed E-state index contributed by atoms with van der Waals surface area (Å²) in [7, 11) is 0. The van der Waals surface area contributed by atoms with Crippen LogP contribution in [0.2, 0.25) is 0 Å². The number of para-hydroxylation sites is 4. The first-order valence-electron chi connectivity index (χ1n) is 32.9. The molecule has 4 nitrogen and oxygen atoms in total. The molecule has 5 aliphatic rings. The van der Waals surface area contributed by atoms with Crippen molar-refractivity contribution in [1.82, 2.24) is 0 Å². The van der Waals surface area contributed by atoms with Gasteiger partial charge in [-0.25, -0.2) is 0 Å². The van der Waals surface area contributed by atoms with Crippen LogP contribution < -0.4 is 52.2 Å². The van der Waals surface area contributed by atoms with Crippen molar-refractivity contribution in [2.45, 2.75) is 124 Å². The maximum atomic E-state index is 7.40. The first kappa shape index (κ1) is 56.9. The van der Waals surface area contributed by atoms with E-state index >= 15 is 0 Å². The molecule has 0 amide bonds. The molecule has 0 spiro atoms. The molecule has 0 atom stereocenters. The minimum Gasteiger partial charge on any atom is -0.458 e. The van der Waals surface area contributed by atoms with Gasteiger partial charge in [0.05, 0.1) is 0 Å². The van der Waals surface area contributed by atoms with Crippen molar-refractivity contribution >= 4 is 97.4 Å². The van der Waals surface area contributed by atoms with Crippen LogP contribution >= 0.6 is 0 Å². The zero-order valence-electron chi connectivity index (χ0n) is 55.3. The van der Waals surface area contributed by atoms with Gasteiger partial charge in [0.2, 0.25) is 0 Å². The summed E-state index contributed by atoms with van der Waals surface area (Å²) in [5.41, 5.74) is 32.6. The Morgan fingerprint density at radius 2 is 0.758 bits per heavy atom. The molecule has 11 aromatic carbocycles. The number of anilines is 9. The lowest BCUT2D eigenvalue weighted by Gasteiger charge is -2.46. The Hall–Kier alpha value is -9.25. The quantitative estimate of drug-likeness (QED) is 0.160. The molecule has 0 fully saturated rings. The first-order valence-corrected chi connectivity index (χ1v) is 32.9. The van der Waals surface area contributed by atoms with Gasteiger partial charge in [0, 0.05) is 56.6 Å². The van der Waals surface area contributed by atoms with Crippen LogP contribution in [0.3, 0.4) is 0 Å². The molecular weight excluding hydrogens is 1100 g/mol. The highest BCUT2D eigenvalue weighted by Gasteiger charge is 2.49. The van der Waals surface area contributed by atoms with E-state index in [2.05, 4.69) is 336 Å². The van der Waals surface area contributed by atoms with Crippen molar-refractivity contribution in [3.8, 4) is 44.9 Å². The molecule has 0 saturated heterocycles. The van der Waals surface area contributed by atoms with E-state index in [0.717, 1.165) is 45.5 Å². The molecular formula is C85H79B2N3O. The highest BCUT2D eigenvalue weighted by molar-refractivity contribution is 7.02. The molecule has 0 radical (unpaired) electrons. The molecule has 1 aliphatic carbocycles. The summed E-state index contributed by atoms with van der Waals surface area (Å²) >= 11 is 0. The van der Waals surface area contributed by atoms with Crippen LogP contribution in [0.5, 0.6) is 11.5 Å². The fraction of sp³-hybridized carbons (Fsp3) is 0.224. The van der Waals surface area contributed by atoms with Crippen molar-refractivity contribution in [2.75, 3.05) is 14.7 Å². The molecule has 6 heteroatoms. The van der Waals surface area contributed by atoms with Gasteiger partial charge < -0.3 is 19.4 Å². The van der Waals surface area contributed by atoms with Crippen LogP contribution in [0, 0.1) is 0 Å². The van der Waals surface area contributed by atoms with Crippen molar-refractivity contribution in [1.29, 1.82) is 0 Å².